The van der Waals surface area contributed by atoms with Gasteiger partial charge in [-0.1, -0.05) is 66.7 Å². The van der Waals surface area contributed by atoms with Crippen molar-refractivity contribution >= 4 is 11.8 Å². The number of thioether (sulfide) groups is 1. The summed E-state index contributed by atoms with van der Waals surface area (Å²) in [7, 11) is 0. The summed E-state index contributed by atoms with van der Waals surface area (Å²) < 4.78 is 3.76. The van der Waals surface area contributed by atoms with E-state index >= 15 is 0 Å². The lowest BCUT2D eigenvalue weighted by molar-refractivity contribution is 0.571. The minimum Gasteiger partial charge on any atom is -0.324 e. The Balaban J connectivity index is 1.63. The summed E-state index contributed by atoms with van der Waals surface area (Å²) >= 11 is 1.72. The van der Waals surface area contributed by atoms with E-state index in [-0.39, 0.29) is 5.56 Å². The lowest BCUT2D eigenvalue weighted by Gasteiger charge is -2.17. The third kappa shape index (κ3) is 3.49. The predicted molar refractivity (Wildman–Crippen MR) is 116 cm³/mol. The number of rotatable bonds is 4. The number of hydrogen-bond donors (Lipinski definition) is 0. The van der Waals surface area contributed by atoms with Gasteiger partial charge in [-0.15, -0.1) is 5.10 Å². The van der Waals surface area contributed by atoms with Crippen molar-refractivity contribution in [2.75, 3.05) is 0 Å². The molecule has 0 amide bonds. The Bertz CT molecular complexity index is 1150. The number of hydrogen-bond acceptors (Lipinski definition) is 4. The highest BCUT2D eigenvalue weighted by Crippen LogP contribution is 2.31. The Hall–Kier alpha value is -2.86. The van der Waals surface area contributed by atoms with E-state index in [9.17, 15) is 4.79 Å². The summed E-state index contributed by atoms with van der Waals surface area (Å²) in [6.07, 6.45) is 4.28. The van der Waals surface area contributed by atoms with E-state index in [1.54, 1.807) is 11.8 Å². The molecule has 6 heteroatoms. The van der Waals surface area contributed by atoms with Gasteiger partial charge in [-0.25, -0.2) is 4.98 Å². The van der Waals surface area contributed by atoms with Crippen molar-refractivity contribution in [3.8, 4) is 17.1 Å². The fourth-order valence-electron chi connectivity index (χ4n) is 3.93. The number of aromatic nitrogens is 4. The maximum atomic E-state index is 13.2. The molecule has 146 valence electrons. The molecule has 0 unspecified atom stereocenters. The maximum absolute atomic E-state index is 13.2. The molecule has 5 nitrogen and oxygen atoms in total. The molecule has 0 fully saturated rings. The standard InChI is InChI=1S/C23H22N4OS/c28-22-20-19-14-8-3-9-15-26(19)23(29-16-17-10-4-1-5-11-17)24-21(20)25-27(22)18-12-6-2-7-13-18/h1-2,4-7,10-13H,3,8-9,14-16H2. The Morgan fingerprint density at radius 2 is 1.69 bits per heavy atom. The van der Waals surface area contributed by atoms with Crippen LogP contribution in [0.3, 0.4) is 0 Å². The Kier molecular flexibility index (Phi) is 4.94. The van der Waals surface area contributed by atoms with Crippen LogP contribution in [0.2, 0.25) is 0 Å². The normalized spacial score (nSPS) is 13.9. The first-order valence-corrected chi connectivity index (χ1v) is 11.0. The molecule has 2 aromatic carbocycles. The Morgan fingerprint density at radius 1 is 0.931 bits per heavy atom. The highest BCUT2D eigenvalue weighted by molar-refractivity contribution is 7.98. The lowest BCUT2D eigenvalue weighted by atomic mass is 10.1. The molecule has 0 aromatic heterocycles. The molecule has 5 rings (SSSR count). The summed E-state index contributed by atoms with van der Waals surface area (Å²) in [5, 5.41) is 5.56. The molecule has 0 aliphatic carbocycles. The SMILES string of the molecule is O=c1c2c3n(c(SCc4ccccc4)nc-2nn1-c1ccccc1)CCCCC3. The van der Waals surface area contributed by atoms with E-state index < -0.39 is 0 Å². The van der Waals surface area contributed by atoms with Gasteiger partial charge in [0.2, 0.25) is 0 Å². The molecule has 0 saturated carbocycles. The minimum absolute atomic E-state index is 0.0658. The summed E-state index contributed by atoms with van der Waals surface area (Å²) in [5.74, 6) is 1.41. The largest absolute Gasteiger partial charge is 0.324 e. The molecule has 3 aliphatic heterocycles. The molecular formula is C23H22N4OS. The third-order valence-electron chi connectivity index (χ3n) is 5.38. The average Bonchev–Trinajstić information content (AvgIpc) is 2.93. The van der Waals surface area contributed by atoms with Crippen molar-refractivity contribution in [3.63, 3.8) is 0 Å². The fourth-order valence-corrected chi connectivity index (χ4v) is 4.93. The maximum Gasteiger partial charge on any atom is 0.284 e. The fraction of sp³-hybridized carbons (Fsp3) is 0.261. The second-order valence-electron chi connectivity index (χ2n) is 7.33. The average molecular weight is 403 g/mol. The van der Waals surface area contributed by atoms with Crippen LogP contribution >= 0.6 is 11.8 Å². The van der Waals surface area contributed by atoms with Crippen molar-refractivity contribution in [1.82, 2.24) is 19.3 Å². The quantitative estimate of drug-likeness (QED) is 0.371. The van der Waals surface area contributed by atoms with Crippen molar-refractivity contribution < 1.29 is 0 Å². The summed E-state index contributed by atoms with van der Waals surface area (Å²) in [5.41, 5.74) is 3.75. The van der Waals surface area contributed by atoms with Crippen LogP contribution < -0.4 is 5.56 Å². The zero-order valence-electron chi connectivity index (χ0n) is 16.1. The van der Waals surface area contributed by atoms with Crippen LogP contribution in [0.1, 0.15) is 30.5 Å². The minimum atomic E-state index is -0.0658. The number of para-hydroxylation sites is 1. The van der Waals surface area contributed by atoms with Crippen LogP contribution in [0, 0.1) is 0 Å². The van der Waals surface area contributed by atoms with Gasteiger partial charge in [0.1, 0.15) is 5.56 Å². The Labute approximate surface area is 173 Å². The van der Waals surface area contributed by atoms with Crippen molar-refractivity contribution in [2.45, 2.75) is 43.1 Å². The zero-order chi connectivity index (χ0) is 19.6. The molecule has 2 aromatic rings. The first-order valence-electron chi connectivity index (χ1n) is 10.1. The highest BCUT2D eigenvalue weighted by atomic mass is 32.2. The lowest BCUT2D eigenvalue weighted by Crippen LogP contribution is -2.19. The van der Waals surface area contributed by atoms with Crippen LogP contribution in [0.4, 0.5) is 0 Å². The van der Waals surface area contributed by atoms with Crippen LogP contribution in [0.5, 0.6) is 0 Å². The molecule has 0 radical (unpaired) electrons. The van der Waals surface area contributed by atoms with Crippen molar-refractivity contribution in [3.05, 3.63) is 82.3 Å². The van der Waals surface area contributed by atoms with Gasteiger partial charge in [0.05, 0.1) is 5.69 Å². The van der Waals surface area contributed by atoms with Crippen LogP contribution in [0.25, 0.3) is 17.1 Å². The van der Waals surface area contributed by atoms with E-state index in [1.165, 1.54) is 16.7 Å². The van der Waals surface area contributed by atoms with Gasteiger partial charge in [0, 0.05) is 18.0 Å². The van der Waals surface area contributed by atoms with Gasteiger partial charge in [-0.3, -0.25) is 4.79 Å². The van der Waals surface area contributed by atoms with Crippen molar-refractivity contribution in [1.29, 1.82) is 0 Å². The molecule has 0 atom stereocenters. The van der Waals surface area contributed by atoms with E-state index in [4.69, 9.17) is 4.98 Å². The number of nitrogens with zero attached hydrogens (tertiary/aromatic N) is 4. The van der Waals surface area contributed by atoms with Crippen molar-refractivity contribution in [2.24, 2.45) is 0 Å². The molecule has 3 aliphatic rings. The van der Waals surface area contributed by atoms with Crippen LogP contribution in [-0.4, -0.2) is 19.3 Å². The van der Waals surface area contributed by atoms with E-state index in [0.717, 1.165) is 48.1 Å². The van der Waals surface area contributed by atoms with E-state index in [0.29, 0.717) is 11.4 Å². The smallest absolute Gasteiger partial charge is 0.284 e. The monoisotopic (exact) mass is 402 g/mol. The molecule has 29 heavy (non-hydrogen) atoms. The van der Waals surface area contributed by atoms with Gasteiger partial charge in [0.15, 0.2) is 11.0 Å². The van der Waals surface area contributed by atoms with Gasteiger partial charge >= 0.3 is 0 Å². The molecule has 0 spiro atoms. The first kappa shape index (κ1) is 18.2. The number of fused-ring (bicyclic) bond motifs is 3. The topological polar surface area (TPSA) is 52.7 Å². The summed E-state index contributed by atoms with van der Waals surface area (Å²) in [4.78, 5) is 18.1. The van der Waals surface area contributed by atoms with Gasteiger partial charge < -0.3 is 4.57 Å². The molecule has 0 bridgehead atoms. The highest BCUT2D eigenvalue weighted by Gasteiger charge is 2.27. The van der Waals surface area contributed by atoms with Gasteiger partial charge in [0.25, 0.3) is 5.56 Å². The first-order chi connectivity index (χ1) is 14.3. The zero-order valence-corrected chi connectivity index (χ0v) is 16.9. The molecule has 3 heterocycles. The summed E-state index contributed by atoms with van der Waals surface area (Å²) in [6, 6.07) is 20.0. The molecule has 0 saturated heterocycles. The Morgan fingerprint density at radius 3 is 2.48 bits per heavy atom. The van der Waals surface area contributed by atoms with Crippen LogP contribution in [-0.2, 0) is 18.7 Å². The number of benzene rings is 2. The predicted octanol–water partition coefficient (Wildman–Crippen LogP) is 4.55. The second-order valence-corrected chi connectivity index (χ2v) is 8.27. The van der Waals surface area contributed by atoms with E-state index in [1.807, 2.05) is 36.4 Å². The molecule has 0 N–H and O–H groups in total. The van der Waals surface area contributed by atoms with Gasteiger partial charge in [-0.2, -0.15) is 4.68 Å². The third-order valence-corrected chi connectivity index (χ3v) is 6.43. The summed E-state index contributed by atoms with van der Waals surface area (Å²) in [6.45, 7) is 0.908. The second kappa shape index (κ2) is 7.87. The molecular weight excluding hydrogens is 380 g/mol. The van der Waals surface area contributed by atoms with Crippen LogP contribution in [0.15, 0.2) is 70.6 Å². The van der Waals surface area contributed by atoms with Gasteiger partial charge in [-0.05, 0) is 37.0 Å². The van der Waals surface area contributed by atoms with E-state index in [2.05, 4.69) is 33.9 Å².